The summed E-state index contributed by atoms with van der Waals surface area (Å²) in [5.41, 5.74) is -0.0749. The van der Waals surface area contributed by atoms with Crippen LogP contribution in [-0.2, 0) is 9.59 Å². The van der Waals surface area contributed by atoms with Crippen molar-refractivity contribution in [2.24, 2.45) is 0 Å². The van der Waals surface area contributed by atoms with E-state index in [-0.39, 0.29) is 23.9 Å². The molecule has 1 N–H and O–H groups in total. The number of hydrogen-bond acceptors (Lipinski definition) is 5. The van der Waals surface area contributed by atoms with Crippen LogP contribution in [0.15, 0.2) is 23.2 Å². The van der Waals surface area contributed by atoms with E-state index >= 15 is 0 Å². The number of pyridine rings is 1. The maximum Gasteiger partial charge on any atom is 0.354 e. The van der Waals surface area contributed by atoms with Gasteiger partial charge in [0.05, 0.1) is 5.25 Å². The summed E-state index contributed by atoms with van der Waals surface area (Å²) in [5, 5.41) is 8.37. The molecule has 7 heteroatoms. The lowest BCUT2D eigenvalue weighted by Crippen LogP contribution is -2.30. The number of rotatable bonds is 4. The van der Waals surface area contributed by atoms with Crippen LogP contribution in [0, 0.1) is 0 Å². The molecule has 19 heavy (non-hydrogen) atoms. The zero-order chi connectivity index (χ0) is 14.0. The molecule has 0 saturated carbocycles. The van der Waals surface area contributed by atoms with Crippen molar-refractivity contribution in [2.75, 3.05) is 6.54 Å². The Kier molecular flexibility index (Phi) is 3.84. The number of amides is 2. The molecule has 0 spiro atoms. The Morgan fingerprint density at radius 2 is 2.32 bits per heavy atom. The third-order valence-electron chi connectivity index (χ3n) is 2.75. The fourth-order valence-corrected chi connectivity index (χ4v) is 2.94. The van der Waals surface area contributed by atoms with Crippen LogP contribution in [0.1, 0.15) is 23.8 Å². The van der Waals surface area contributed by atoms with Crippen LogP contribution in [0.25, 0.3) is 0 Å². The molecule has 0 radical (unpaired) electrons. The standard InChI is InChI=1S/C12H12N2O4S/c1-2-14-10(15)6-9(11(14)16)19-7-3-4-13-8(5-7)12(17)18/h3-5,9H,2,6H2,1H3,(H,17,18). The Hall–Kier alpha value is -1.89. The molecule has 2 heterocycles. The van der Waals surface area contributed by atoms with Gasteiger partial charge >= 0.3 is 5.97 Å². The van der Waals surface area contributed by atoms with Crippen molar-refractivity contribution in [1.82, 2.24) is 9.88 Å². The number of thioether (sulfide) groups is 1. The highest BCUT2D eigenvalue weighted by molar-refractivity contribution is 8.00. The van der Waals surface area contributed by atoms with Gasteiger partial charge in [-0.05, 0) is 19.1 Å². The summed E-state index contributed by atoms with van der Waals surface area (Å²) in [7, 11) is 0. The quantitative estimate of drug-likeness (QED) is 0.828. The summed E-state index contributed by atoms with van der Waals surface area (Å²) < 4.78 is 0. The van der Waals surface area contributed by atoms with Gasteiger partial charge < -0.3 is 5.11 Å². The van der Waals surface area contributed by atoms with Crippen LogP contribution in [0.4, 0.5) is 0 Å². The first-order chi connectivity index (χ1) is 9.02. The lowest BCUT2D eigenvalue weighted by molar-refractivity contribution is -0.137. The van der Waals surface area contributed by atoms with Crippen molar-refractivity contribution in [1.29, 1.82) is 0 Å². The summed E-state index contributed by atoms with van der Waals surface area (Å²) in [6.07, 6.45) is 1.53. The first kappa shape index (κ1) is 13.5. The topological polar surface area (TPSA) is 87.6 Å². The molecular formula is C12H12N2O4S. The predicted octanol–water partition coefficient (Wildman–Crippen LogP) is 1.02. The van der Waals surface area contributed by atoms with Crippen molar-refractivity contribution in [3.63, 3.8) is 0 Å². The van der Waals surface area contributed by atoms with Gasteiger partial charge in [0.25, 0.3) is 0 Å². The smallest absolute Gasteiger partial charge is 0.354 e. The Morgan fingerprint density at radius 3 is 2.89 bits per heavy atom. The fourth-order valence-electron chi connectivity index (χ4n) is 1.84. The first-order valence-corrected chi connectivity index (χ1v) is 6.61. The number of aromatic nitrogens is 1. The molecule has 6 nitrogen and oxygen atoms in total. The Bertz CT molecular complexity index is 546. The molecule has 2 rings (SSSR count). The minimum Gasteiger partial charge on any atom is -0.477 e. The van der Waals surface area contributed by atoms with Crippen molar-refractivity contribution in [3.05, 3.63) is 24.0 Å². The van der Waals surface area contributed by atoms with Gasteiger partial charge in [0.2, 0.25) is 11.8 Å². The van der Waals surface area contributed by atoms with E-state index in [9.17, 15) is 14.4 Å². The van der Waals surface area contributed by atoms with Crippen LogP contribution in [0.3, 0.4) is 0 Å². The molecule has 1 fully saturated rings. The SMILES string of the molecule is CCN1C(=O)CC(Sc2ccnc(C(=O)O)c2)C1=O. The zero-order valence-corrected chi connectivity index (χ0v) is 11.0. The number of carbonyl (C=O) groups excluding carboxylic acids is 2. The Labute approximate surface area is 113 Å². The minimum absolute atomic E-state index is 0.0749. The van der Waals surface area contributed by atoms with Gasteiger partial charge in [-0.25, -0.2) is 9.78 Å². The molecule has 1 unspecified atom stereocenters. The van der Waals surface area contributed by atoms with E-state index in [2.05, 4.69) is 4.98 Å². The lowest BCUT2D eigenvalue weighted by atomic mass is 10.3. The maximum absolute atomic E-state index is 11.9. The number of likely N-dealkylation sites (tertiary alicyclic amines) is 1. The molecule has 0 aliphatic carbocycles. The second-order valence-electron chi connectivity index (χ2n) is 3.97. The number of carbonyl (C=O) groups is 3. The number of hydrogen-bond donors (Lipinski definition) is 1. The van der Waals surface area contributed by atoms with Crippen LogP contribution >= 0.6 is 11.8 Å². The largest absolute Gasteiger partial charge is 0.477 e. The number of carboxylic acids is 1. The summed E-state index contributed by atoms with van der Waals surface area (Å²) in [6.45, 7) is 2.11. The van der Waals surface area contributed by atoms with E-state index in [0.717, 1.165) is 0 Å². The fraction of sp³-hybridized carbons (Fsp3) is 0.333. The molecule has 1 saturated heterocycles. The molecule has 0 aromatic carbocycles. The van der Waals surface area contributed by atoms with Crippen LogP contribution < -0.4 is 0 Å². The van der Waals surface area contributed by atoms with E-state index < -0.39 is 11.2 Å². The van der Waals surface area contributed by atoms with Gasteiger partial charge in [-0.1, -0.05) is 0 Å². The first-order valence-electron chi connectivity index (χ1n) is 5.73. The van der Waals surface area contributed by atoms with Gasteiger partial charge in [0.15, 0.2) is 0 Å². The van der Waals surface area contributed by atoms with E-state index in [1.807, 2.05) is 0 Å². The predicted molar refractivity (Wildman–Crippen MR) is 67.9 cm³/mol. The molecular weight excluding hydrogens is 268 g/mol. The Morgan fingerprint density at radius 1 is 1.58 bits per heavy atom. The van der Waals surface area contributed by atoms with Gasteiger partial charge in [-0.2, -0.15) is 0 Å². The summed E-state index contributed by atoms with van der Waals surface area (Å²) in [5.74, 6) is -1.52. The van der Waals surface area contributed by atoms with Crippen molar-refractivity contribution in [2.45, 2.75) is 23.5 Å². The molecule has 1 atom stereocenters. The van der Waals surface area contributed by atoms with Crippen molar-refractivity contribution in [3.8, 4) is 0 Å². The second kappa shape index (κ2) is 5.40. The lowest BCUT2D eigenvalue weighted by Gasteiger charge is -2.11. The van der Waals surface area contributed by atoms with Crippen LogP contribution in [0.2, 0.25) is 0 Å². The summed E-state index contributed by atoms with van der Waals surface area (Å²) >= 11 is 1.20. The number of aromatic carboxylic acids is 1. The van der Waals surface area contributed by atoms with E-state index in [4.69, 9.17) is 5.11 Å². The molecule has 1 aliphatic rings. The van der Waals surface area contributed by atoms with Crippen LogP contribution in [-0.4, -0.2) is 44.6 Å². The van der Waals surface area contributed by atoms with Gasteiger partial charge in [-0.15, -0.1) is 11.8 Å². The van der Waals surface area contributed by atoms with Crippen LogP contribution in [0.5, 0.6) is 0 Å². The van der Waals surface area contributed by atoms with Crippen molar-refractivity contribution >= 4 is 29.5 Å². The summed E-state index contributed by atoms with van der Waals surface area (Å²) in [4.78, 5) is 39.8. The van der Waals surface area contributed by atoms with E-state index in [0.29, 0.717) is 11.4 Å². The summed E-state index contributed by atoms with van der Waals surface area (Å²) in [6, 6.07) is 3.03. The molecule has 0 bridgehead atoms. The molecule has 1 aromatic heterocycles. The number of carboxylic acid groups (broad SMARTS) is 1. The monoisotopic (exact) mass is 280 g/mol. The number of imide groups is 1. The van der Waals surface area contributed by atoms with Gasteiger partial charge in [0, 0.05) is 24.1 Å². The highest BCUT2D eigenvalue weighted by Crippen LogP contribution is 2.31. The third kappa shape index (κ3) is 2.76. The number of nitrogens with zero attached hydrogens (tertiary/aromatic N) is 2. The van der Waals surface area contributed by atoms with Crippen molar-refractivity contribution < 1.29 is 19.5 Å². The Balaban J connectivity index is 2.14. The highest BCUT2D eigenvalue weighted by atomic mass is 32.2. The van der Waals surface area contributed by atoms with Gasteiger partial charge in [0.1, 0.15) is 5.69 Å². The maximum atomic E-state index is 11.9. The van der Waals surface area contributed by atoms with Gasteiger partial charge in [-0.3, -0.25) is 14.5 Å². The minimum atomic E-state index is -1.12. The normalized spacial score (nSPS) is 19.0. The molecule has 1 aromatic rings. The second-order valence-corrected chi connectivity index (χ2v) is 5.24. The zero-order valence-electron chi connectivity index (χ0n) is 10.2. The van der Waals surface area contributed by atoms with E-state index in [1.54, 1.807) is 13.0 Å². The molecule has 1 aliphatic heterocycles. The molecule has 100 valence electrons. The average Bonchev–Trinajstić information content (AvgIpc) is 2.64. The highest BCUT2D eigenvalue weighted by Gasteiger charge is 2.38. The average molecular weight is 280 g/mol. The third-order valence-corrected chi connectivity index (χ3v) is 3.93. The van der Waals surface area contributed by atoms with E-state index in [1.165, 1.54) is 28.9 Å². The molecule has 2 amide bonds.